The number of hydrogen-bond donors (Lipinski definition) is 1. The molecular weight excluding hydrogens is 330 g/mol. The molecule has 0 saturated carbocycles. The summed E-state index contributed by atoms with van der Waals surface area (Å²) < 4.78 is 12.2. The first-order chi connectivity index (χ1) is 9.19. The van der Waals surface area contributed by atoms with Crippen molar-refractivity contribution in [3.8, 4) is 0 Å². The van der Waals surface area contributed by atoms with E-state index >= 15 is 0 Å². The van der Waals surface area contributed by atoms with Crippen molar-refractivity contribution in [2.24, 2.45) is 0 Å². The number of nitrogens with one attached hydrogen (secondary N) is 1. The molecule has 0 atom stereocenters. The standard InChI is InChI=1S/C14H17BrClNO2/c1-3-6-17-7-12-9(8-18-2)13-10(15)4-5-11(16)14(13)19-12/h4-5,17H,3,6-8H2,1-2H3. The predicted molar refractivity (Wildman–Crippen MR) is 81.6 cm³/mol. The molecule has 0 aliphatic carbocycles. The summed E-state index contributed by atoms with van der Waals surface area (Å²) in [6, 6.07) is 3.76. The molecule has 0 radical (unpaired) electrons. The molecule has 2 aromatic rings. The Hall–Kier alpha value is -0.550. The van der Waals surface area contributed by atoms with Crippen molar-refractivity contribution in [1.82, 2.24) is 5.32 Å². The second-order valence-electron chi connectivity index (χ2n) is 4.35. The minimum absolute atomic E-state index is 0.509. The number of furan rings is 1. The zero-order valence-electron chi connectivity index (χ0n) is 11.1. The van der Waals surface area contributed by atoms with Crippen molar-refractivity contribution in [3.63, 3.8) is 0 Å². The maximum Gasteiger partial charge on any atom is 0.154 e. The van der Waals surface area contributed by atoms with Crippen molar-refractivity contribution in [1.29, 1.82) is 0 Å². The van der Waals surface area contributed by atoms with Gasteiger partial charge in [0, 0.05) is 22.5 Å². The highest BCUT2D eigenvalue weighted by Crippen LogP contribution is 2.36. The Morgan fingerprint density at radius 2 is 2.21 bits per heavy atom. The largest absolute Gasteiger partial charge is 0.458 e. The molecule has 0 aliphatic heterocycles. The molecule has 3 nitrogen and oxygen atoms in total. The highest BCUT2D eigenvalue weighted by atomic mass is 79.9. The molecule has 0 fully saturated rings. The zero-order valence-corrected chi connectivity index (χ0v) is 13.4. The van der Waals surface area contributed by atoms with Crippen LogP contribution in [0, 0.1) is 0 Å². The van der Waals surface area contributed by atoms with Crippen LogP contribution in [-0.4, -0.2) is 13.7 Å². The molecule has 1 N–H and O–H groups in total. The van der Waals surface area contributed by atoms with Crippen LogP contribution < -0.4 is 5.32 Å². The Kier molecular flexibility index (Phi) is 5.28. The van der Waals surface area contributed by atoms with E-state index in [1.54, 1.807) is 7.11 Å². The molecular formula is C14H17BrClNO2. The minimum atomic E-state index is 0.509. The van der Waals surface area contributed by atoms with Gasteiger partial charge in [-0.25, -0.2) is 0 Å². The van der Waals surface area contributed by atoms with Crippen LogP contribution in [0.1, 0.15) is 24.7 Å². The molecule has 1 heterocycles. The van der Waals surface area contributed by atoms with Crippen LogP contribution in [0.15, 0.2) is 21.0 Å². The van der Waals surface area contributed by atoms with E-state index in [9.17, 15) is 0 Å². The SMILES string of the molecule is CCCNCc1oc2c(Cl)ccc(Br)c2c1COC. The second kappa shape index (κ2) is 6.75. The summed E-state index contributed by atoms with van der Waals surface area (Å²) in [7, 11) is 1.68. The maximum absolute atomic E-state index is 6.20. The van der Waals surface area contributed by atoms with E-state index in [4.69, 9.17) is 20.8 Å². The lowest BCUT2D eigenvalue weighted by Crippen LogP contribution is -2.14. The first-order valence-electron chi connectivity index (χ1n) is 6.27. The summed E-state index contributed by atoms with van der Waals surface area (Å²) in [5.74, 6) is 0.888. The lowest BCUT2D eigenvalue weighted by atomic mass is 10.1. The molecule has 0 saturated heterocycles. The van der Waals surface area contributed by atoms with Gasteiger partial charge < -0.3 is 14.5 Å². The summed E-state index contributed by atoms with van der Waals surface area (Å²) in [6.07, 6.45) is 1.09. The van der Waals surface area contributed by atoms with E-state index in [2.05, 4.69) is 28.2 Å². The van der Waals surface area contributed by atoms with Crippen LogP contribution in [0.25, 0.3) is 11.0 Å². The number of benzene rings is 1. The summed E-state index contributed by atoms with van der Waals surface area (Å²) >= 11 is 9.75. The van der Waals surface area contributed by atoms with E-state index in [0.717, 1.165) is 39.7 Å². The highest BCUT2D eigenvalue weighted by Gasteiger charge is 2.18. The maximum atomic E-state index is 6.20. The minimum Gasteiger partial charge on any atom is -0.458 e. The fraction of sp³-hybridized carbons (Fsp3) is 0.429. The fourth-order valence-electron chi connectivity index (χ4n) is 2.06. The van der Waals surface area contributed by atoms with Crippen LogP contribution in [-0.2, 0) is 17.9 Å². The third-order valence-corrected chi connectivity index (χ3v) is 3.88. The summed E-state index contributed by atoms with van der Waals surface area (Å²) in [6.45, 7) is 4.28. The number of fused-ring (bicyclic) bond motifs is 1. The molecule has 0 aliphatic rings. The van der Waals surface area contributed by atoms with Crippen LogP contribution in [0.5, 0.6) is 0 Å². The first kappa shape index (κ1) is 14.9. The summed E-state index contributed by atoms with van der Waals surface area (Å²) in [5.41, 5.74) is 1.77. The van der Waals surface area contributed by atoms with E-state index in [-0.39, 0.29) is 0 Å². The second-order valence-corrected chi connectivity index (χ2v) is 5.61. The summed E-state index contributed by atoms with van der Waals surface area (Å²) in [4.78, 5) is 0. The average Bonchev–Trinajstić information content (AvgIpc) is 2.75. The Morgan fingerprint density at radius 1 is 1.42 bits per heavy atom. The van der Waals surface area contributed by atoms with Gasteiger partial charge in [0.15, 0.2) is 5.58 Å². The lowest BCUT2D eigenvalue weighted by Gasteiger charge is -2.04. The number of methoxy groups -OCH3 is 1. The fourth-order valence-corrected chi connectivity index (χ4v) is 2.80. The number of ether oxygens (including phenoxy) is 1. The number of rotatable bonds is 6. The van der Waals surface area contributed by atoms with Gasteiger partial charge >= 0.3 is 0 Å². The molecule has 19 heavy (non-hydrogen) atoms. The van der Waals surface area contributed by atoms with E-state index in [1.807, 2.05) is 12.1 Å². The Bertz CT molecular complexity index is 568. The topological polar surface area (TPSA) is 34.4 Å². The molecule has 104 valence electrons. The summed E-state index contributed by atoms with van der Waals surface area (Å²) in [5, 5.41) is 4.97. The zero-order chi connectivity index (χ0) is 13.8. The van der Waals surface area contributed by atoms with Gasteiger partial charge in [-0.05, 0) is 25.1 Å². The van der Waals surface area contributed by atoms with Crippen molar-refractivity contribution in [2.45, 2.75) is 26.5 Å². The van der Waals surface area contributed by atoms with Crippen LogP contribution in [0.3, 0.4) is 0 Å². The highest BCUT2D eigenvalue weighted by molar-refractivity contribution is 9.10. The van der Waals surface area contributed by atoms with Crippen molar-refractivity contribution in [2.75, 3.05) is 13.7 Å². The molecule has 0 unspecified atom stereocenters. The Labute approximate surface area is 126 Å². The monoisotopic (exact) mass is 345 g/mol. The van der Waals surface area contributed by atoms with Gasteiger partial charge in [0.05, 0.1) is 18.2 Å². The molecule has 0 amide bonds. The van der Waals surface area contributed by atoms with Gasteiger partial charge in [-0.2, -0.15) is 0 Å². The average molecular weight is 347 g/mol. The predicted octanol–water partition coefficient (Wildman–Crippen LogP) is 4.49. The van der Waals surface area contributed by atoms with Gasteiger partial charge in [0.25, 0.3) is 0 Å². The van der Waals surface area contributed by atoms with Crippen LogP contribution in [0.2, 0.25) is 5.02 Å². The molecule has 1 aromatic heterocycles. The van der Waals surface area contributed by atoms with Gasteiger partial charge in [0.1, 0.15) is 5.76 Å². The molecule has 0 bridgehead atoms. The third-order valence-electron chi connectivity index (χ3n) is 2.92. The van der Waals surface area contributed by atoms with Crippen LogP contribution >= 0.6 is 27.5 Å². The smallest absolute Gasteiger partial charge is 0.154 e. The molecule has 0 spiro atoms. The van der Waals surface area contributed by atoms with Gasteiger partial charge in [-0.3, -0.25) is 0 Å². The quantitative estimate of drug-likeness (QED) is 0.782. The Morgan fingerprint density at radius 3 is 2.89 bits per heavy atom. The van der Waals surface area contributed by atoms with E-state index in [0.29, 0.717) is 18.2 Å². The van der Waals surface area contributed by atoms with Gasteiger partial charge in [0.2, 0.25) is 0 Å². The molecule has 5 heteroatoms. The lowest BCUT2D eigenvalue weighted by molar-refractivity contribution is 0.183. The molecule has 1 aromatic carbocycles. The normalized spacial score (nSPS) is 11.4. The van der Waals surface area contributed by atoms with Crippen molar-refractivity contribution in [3.05, 3.63) is 33.0 Å². The van der Waals surface area contributed by atoms with E-state index < -0.39 is 0 Å². The van der Waals surface area contributed by atoms with Crippen LogP contribution in [0.4, 0.5) is 0 Å². The molecule has 2 rings (SSSR count). The number of halogens is 2. The first-order valence-corrected chi connectivity index (χ1v) is 7.44. The van der Waals surface area contributed by atoms with Crippen molar-refractivity contribution >= 4 is 38.5 Å². The van der Waals surface area contributed by atoms with E-state index in [1.165, 1.54) is 0 Å². The Balaban J connectivity index is 2.47. The van der Waals surface area contributed by atoms with Gasteiger partial charge in [-0.15, -0.1) is 0 Å². The van der Waals surface area contributed by atoms with Crippen molar-refractivity contribution < 1.29 is 9.15 Å². The number of hydrogen-bond acceptors (Lipinski definition) is 3. The van der Waals surface area contributed by atoms with Gasteiger partial charge in [-0.1, -0.05) is 34.5 Å². The third kappa shape index (κ3) is 3.14.